The molecule has 3 rings (SSSR count). The number of carbonyl (C=O) groups is 2. The van der Waals surface area contributed by atoms with Crippen LogP contribution in [0.3, 0.4) is 0 Å². The van der Waals surface area contributed by atoms with Gasteiger partial charge >= 0.3 is 5.97 Å². The summed E-state index contributed by atoms with van der Waals surface area (Å²) in [5.74, 6) is -0.425. The molecule has 0 aliphatic heterocycles. The van der Waals surface area contributed by atoms with E-state index in [1.807, 2.05) is 30.3 Å². The zero-order chi connectivity index (χ0) is 13.4. The van der Waals surface area contributed by atoms with Crippen molar-refractivity contribution in [1.29, 1.82) is 0 Å². The molecule has 3 heteroatoms. The number of ether oxygens (including phenoxy) is 1. The van der Waals surface area contributed by atoms with Crippen molar-refractivity contribution >= 4 is 11.8 Å². The zero-order valence-electron chi connectivity index (χ0n) is 10.5. The molecule has 2 aromatic carbocycles. The maximum atomic E-state index is 12.3. The average molecular weight is 252 g/mol. The Labute approximate surface area is 110 Å². The van der Waals surface area contributed by atoms with Crippen LogP contribution in [0.1, 0.15) is 33.2 Å². The molecule has 0 bridgehead atoms. The highest BCUT2D eigenvalue weighted by Crippen LogP contribution is 2.36. The lowest BCUT2D eigenvalue weighted by molar-refractivity contribution is 0.0526. The molecule has 2 aromatic rings. The summed E-state index contributed by atoms with van der Waals surface area (Å²) in [7, 11) is 0. The van der Waals surface area contributed by atoms with E-state index >= 15 is 0 Å². The van der Waals surface area contributed by atoms with E-state index in [1.54, 1.807) is 19.1 Å². The van der Waals surface area contributed by atoms with Gasteiger partial charge < -0.3 is 4.74 Å². The summed E-state index contributed by atoms with van der Waals surface area (Å²) >= 11 is 0. The molecule has 1 aliphatic rings. The van der Waals surface area contributed by atoms with E-state index in [1.165, 1.54) is 0 Å². The molecule has 0 unspecified atom stereocenters. The van der Waals surface area contributed by atoms with Crippen LogP contribution in [-0.2, 0) is 4.74 Å². The van der Waals surface area contributed by atoms with Crippen LogP contribution in [0.5, 0.6) is 0 Å². The number of carbonyl (C=O) groups excluding carboxylic acids is 2. The lowest BCUT2D eigenvalue weighted by Crippen LogP contribution is -2.06. The molecule has 19 heavy (non-hydrogen) atoms. The number of ketones is 1. The molecule has 0 fully saturated rings. The average Bonchev–Trinajstić information content (AvgIpc) is 2.73. The Morgan fingerprint density at radius 2 is 1.68 bits per heavy atom. The van der Waals surface area contributed by atoms with Crippen LogP contribution >= 0.6 is 0 Å². The number of hydrogen-bond acceptors (Lipinski definition) is 3. The number of esters is 1. The van der Waals surface area contributed by atoms with Gasteiger partial charge in [-0.1, -0.05) is 30.3 Å². The number of rotatable bonds is 2. The summed E-state index contributed by atoms with van der Waals surface area (Å²) in [5, 5.41) is 0. The Morgan fingerprint density at radius 3 is 2.42 bits per heavy atom. The molecule has 0 radical (unpaired) electrons. The minimum atomic E-state index is -0.394. The molecule has 1 aliphatic carbocycles. The molecule has 94 valence electrons. The molecule has 3 nitrogen and oxygen atoms in total. The summed E-state index contributed by atoms with van der Waals surface area (Å²) in [6.07, 6.45) is 0. The van der Waals surface area contributed by atoms with E-state index in [-0.39, 0.29) is 5.78 Å². The minimum Gasteiger partial charge on any atom is -0.462 e. The van der Waals surface area contributed by atoms with Gasteiger partial charge in [-0.15, -0.1) is 0 Å². The first-order valence-electron chi connectivity index (χ1n) is 6.17. The molecule has 0 atom stereocenters. The molecular weight excluding hydrogens is 240 g/mol. The van der Waals surface area contributed by atoms with Crippen LogP contribution in [0.4, 0.5) is 0 Å². The quantitative estimate of drug-likeness (QED) is 0.658. The van der Waals surface area contributed by atoms with Crippen molar-refractivity contribution in [2.45, 2.75) is 6.92 Å². The van der Waals surface area contributed by atoms with Crippen LogP contribution in [0.25, 0.3) is 11.1 Å². The first kappa shape index (κ1) is 11.7. The second kappa shape index (κ2) is 4.35. The molecule has 0 spiro atoms. The molecule has 0 heterocycles. The van der Waals surface area contributed by atoms with E-state index in [2.05, 4.69) is 0 Å². The molecule has 0 aromatic heterocycles. The highest BCUT2D eigenvalue weighted by molar-refractivity contribution is 6.22. The minimum absolute atomic E-state index is 0.0308. The van der Waals surface area contributed by atoms with Gasteiger partial charge in [0.2, 0.25) is 0 Å². The first-order valence-corrected chi connectivity index (χ1v) is 6.17. The van der Waals surface area contributed by atoms with Crippen molar-refractivity contribution in [3.8, 4) is 11.1 Å². The largest absolute Gasteiger partial charge is 0.462 e. The van der Waals surface area contributed by atoms with Crippen LogP contribution in [0, 0.1) is 0 Å². The SMILES string of the molecule is CCOC(=O)c1ccc2c(c1)C(=O)c1ccccc1-2. The monoisotopic (exact) mass is 252 g/mol. The van der Waals surface area contributed by atoms with E-state index < -0.39 is 5.97 Å². The van der Waals surface area contributed by atoms with Gasteiger partial charge in [0.1, 0.15) is 0 Å². The van der Waals surface area contributed by atoms with Gasteiger partial charge in [0, 0.05) is 11.1 Å². The van der Waals surface area contributed by atoms with Crippen LogP contribution in [0.15, 0.2) is 42.5 Å². The Morgan fingerprint density at radius 1 is 1.00 bits per heavy atom. The van der Waals surface area contributed by atoms with Gasteiger partial charge in [0.25, 0.3) is 0 Å². The number of benzene rings is 2. The third-order valence-electron chi connectivity index (χ3n) is 3.24. The van der Waals surface area contributed by atoms with Gasteiger partial charge in [-0.2, -0.15) is 0 Å². The molecule has 0 N–H and O–H groups in total. The van der Waals surface area contributed by atoms with Crippen molar-refractivity contribution in [2.75, 3.05) is 6.61 Å². The van der Waals surface area contributed by atoms with Gasteiger partial charge in [0.05, 0.1) is 12.2 Å². The predicted octanol–water partition coefficient (Wildman–Crippen LogP) is 3.07. The zero-order valence-corrected chi connectivity index (χ0v) is 10.5. The summed E-state index contributed by atoms with van der Waals surface area (Å²) in [4.78, 5) is 24.0. The van der Waals surface area contributed by atoms with Crippen LogP contribution in [0.2, 0.25) is 0 Å². The maximum absolute atomic E-state index is 12.3. The summed E-state index contributed by atoms with van der Waals surface area (Å²) in [5.41, 5.74) is 3.50. The van der Waals surface area contributed by atoms with E-state index in [0.717, 1.165) is 11.1 Å². The van der Waals surface area contributed by atoms with Crippen molar-refractivity contribution in [1.82, 2.24) is 0 Å². The normalized spacial score (nSPS) is 11.9. The third kappa shape index (κ3) is 1.74. The van der Waals surface area contributed by atoms with E-state index in [9.17, 15) is 9.59 Å². The van der Waals surface area contributed by atoms with Crippen molar-refractivity contribution in [2.24, 2.45) is 0 Å². The first-order chi connectivity index (χ1) is 9.22. The predicted molar refractivity (Wildman–Crippen MR) is 71.3 cm³/mol. The van der Waals surface area contributed by atoms with Crippen molar-refractivity contribution < 1.29 is 14.3 Å². The van der Waals surface area contributed by atoms with Crippen molar-refractivity contribution in [3.63, 3.8) is 0 Å². The highest BCUT2D eigenvalue weighted by Gasteiger charge is 2.27. The lowest BCUT2D eigenvalue weighted by Gasteiger charge is -2.04. The van der Waals surface area contributed by atoms with Crippen LogP contribution in [-0.4, -0.2) is 18.4 Å². The molecule has 0 amide bonds. The smallest absolute Gasteiger partial charge is 0.338 e. The Bertz CT molecular complexity index is 686. The second-order valence-electron chi connectivity index (χ2n) is 4.36. The lowest BCUT2D eigenvalue weighted by atomic mass is 10.0. The van der Waals surface area contributed by atoms with Gasteiger partial charge in [-0.25, -0.2) is 4.79 Å². The summed E-state index contributed by atoms with van der Waals surface area (Å²) in [6.45, 7) is 2.08. The summed E-state index contributed by atoms with van der Waals surface area (Å²) in [6, 6.07) is 12.6. The van der Waals surface area contributed by atoms with Crippen LogP contribution < -0.4 is 0 Å². The Kier molecular flexibility index (Phi) is 2.67. The van der Waals surface area contributed by atoms with Crippen molar-refractivity contribution in [3.05, 3.63) is 59.2 Å². The second-order valence-corrected chi connectivity index (χ2v) is 4.36. The summed E-state index contributed by atoms with van der Waals surface area (Å²) < 4.78 is 4.95. The Balaban J connectivity index is 2.10. The molecule has 0 saturated carbocycles. The molecular formula is C16H12O3. The Hall–Kier alpha value is -2.42. The van der Waals surface area contributed by atoms with Gasteiger partial charge in [0.15, 0.2) is 5.78 Å². The maximum Gasteiger partial charge on any atom is 0.338 e. The molecule has 0 saturated heterocycles. The topological polar surface area (TPSA) is 43.4 Å². The fraction of sp³-hybridized carbons (Fsp3) is 0.125. The van der Waals surface area contributed by atoms with Gasteiger partial charge in [-0.3, -0.25) is 4.79 Å². The number of fused-ring (bicyclic) bond motifs is 3. The van der Waals surface area contributed by atoms with E-state index in [4.69, 9.17) is 4.74 Å². The van der Waals surface area contributed by atoms with Gasteiger partial charge in [-0.05, 0) is 30.2 Å². The van der Waals surface area contributed by atoms with E-state index in [0.29, 0.717) is 23.3 Å². The fourth-order valence-electron chi connectivity index (χ4n) is 2.37. The highest BCUT2D eigenvalue weighted by atomic mass is 16.5. The fourth-order valence-corrected chi connectivity index (χ4v) is 2.37. The number of hydrogen-bond donors (Lipinski definition) is 0. The third-order valence-corrected chi connectivity index (χ3v) is 3.24. The standard InChI is InChI=1S/C16H12O3/c1-2-19-16(18)10-7-8-12-11-5-3-4-6-13(11)15(17)14(12)9-10/h3-9H,2H2,1H3.